The van der Waals surface area contributed by atoms with Crippen molar-refractivity contribution in [2.45, 2.75) is 6.92 Å². The number of rotatable bonds is 5. The van der Waals surface area contributed by atoms with Gasteiger partial charge in [-0.15, -0.1) is 0 Å². The van der Waals surface area contributed by atoms with Crippen LogP contribution in [0.1, 0.15) is 15.9 Å². The first-order valence-corrected chi connectivity index (χ1v) is 7.76. The van der Waals surface area contributed by atoms with Crippen LogP contribution in [0, 0.1) is 12.7 Å². The molecule has 1 amide bonds. The second-order valence-corrected chi connectivity index (χ2v) is 5.87. The van der Waals surface area contributed by atoms with E-state index in [9.17, 15) is 14.0 Å². The SMILES string of the molecule is COc1ccc(C)cc1C(=O)OCC(=O)Nc1ccc(Br)cc1F. The molecule has 0 aliphatic rings. The molecule has 5 nitrogen and oxygen atoms in total. The normalized spacial score (nSPS) is 10.2. The van der Waals surface area contributed by atoms with Crippen molar-refractivity contribution in [3.05, 3.63) is 57.8 Å². The maximum atomic E-state index is 13.6. The van der Waals surface area contributed by atoms with Crippen molar-refractivity contribution in [2.24, 2.45) is 0 Å². The van der Waals surface area contributed by atoms with Crippen LogP contribution in [0.15, 0.2) is 40.9 Å². The van der Waals surface area contributed by atoms with Gasteiger partial charge >= 0.3 is 5.97 Å². The molecule has 2 rings (SSSR count). The van der Waals surface area contributed by atoms with Crippen molar-refractivity contribution in [1.82, 2.24) is 0 Å². The number of benzene rings is 2. The summed E-state index contributed by atoms with van der Waals surface area (Å²) in [6.07, 6.45) is 0. The third-order valence-corrected chi connectivity index (χ3v) is 3.61. The van der Waals surface area contributed by atoms with Gasteiger partial charge in [0, 0.05) is 4.47 Å². The number of hydrogen-bond donors (Lipinski definition) is 1. The molecule has 0 heterocycles. The van der Waals surface area contributed by atoms with Gasteiger partial charge < -0.3 is 14.8 Å². The van der Waals surface area contributed by atoms with E-state index in [0.717, 1.165) is 5.56 Å². The lowest BCUT2D eigenvalue weighted by molar-refractivity contribution is -0.119. The van der Waals surface area contributed by atoms with Gasteiger partial charge in [0.25, 0.3) is 5.91 Å². The van der Waals surface area contributed by atoms with E-state index in [1.54, 1.807) is 24.3 Å². The van der Waals surface area contributed by atoms with Crippen LogP contribution in [-0.4, -0.2) is 25.6 Å². The van der Waals surface area contributed by atoms with Gasteiger partial charge in [0.05, 0.1) is 12.8 Å². The van der Waals surface area contributed by atoms with E-state index in [0.29, 0.717) is 10.2 Å². The number of amides is 1. The summed E-state index contributed by atoms with van der Waals surface area (Å²) in [6.45, 7) is 1.28. The van der Waals surface area contributed by atoms with Gasteiger partial charge in [-0.3, -0.25) is 4.79 Å². The summed E-state index contributed by atoms with van der Waals surface area (Å²) in [5, 5.41) is 2.34. The summed E-state index contributed by atoms with van der Waals surface area (Å²) in [5.41, 5.74) is 1.08. The minimum Gasteiger partial charge on any atom is -0.496 e. The minimum absolute atomic E-state index is 0.00684. The molecule has 2 aromatic rings. The number of esters is 1. The zero-order chi connectivity index (χ0) is 17.7. The molecular weight excluding hydrogens is 381 g/mol. The molecule has 7 heteroatoms. The lowest BCUT2D eigenvalue weighted by atomic mass is 10.1. The first-order valence-electron chi connectivity index (χ1n) is 6.97. The van der Waals surface area contributed by atoms with Crippen LogP contribution in [0.5, 0.6) is 5.75 Å². The second-order valence-electron chi connectivity index (χ2n) is 4.95. The molecule has 126 valence electrons. The van der Waals surface area contributed by atoms with Crippen molar-refractivity contribution < 1.29 is 23.5 Å². The Hall–Kier alpha value is -2.41. The molecule has 0 spiro atoms. The minimum atomic E-state index is -0.693. The van der Waals surface area contributed by atoms with Gasteiger partial charge in [0.15, 0.2) is 6.61 Å². The van der Waals surface area contributed by atoms with E-state index in [1.165, 1.54) is 19.2 Å². The molecule has 0 aromatic heterocycles. The maximum absolute atomic E-state index is 13.6. The highest BCUT2D eigenvalue weighted by molar-refractivity contribution is 9.10. The Bertz CT molecular complexity index is 779. The third kappa shape index (κ3) is 4.55. The highest BCUT2D eigenvalue weighted by Gasteiger charge is 2.16. The highest BCUT2D eigenvalue weighted by atomic mass is 79.9. The zero-order valence-electron chi connectivity index (χ0n) is 13.1. The number of ether oxygens (including phenoxy) is 2. The summed E-state index contributed by atoms with van der Waals surface area (Å²) in [4.78, 5) is 23.9. The summed E-state index contributed by atoms with van der Waals surface area (Å²) in [5.74, 6) is -1.58. The molecule has 2 aromatic carbocycles. The summed E-state index contributed by atoms with van der Waals surface area (Å²) >= 11 is 3.12. The highest BCUT2D eigenvalue weighted by Crippen LogP contribution is 2.21. The molecule has 0 aliphatic heterocycles. The number of nitrogens with one attached hydrogen (secondary N) is 1. The van der Waals surface area contributed by atoms with Gasteiger partial charge in [-0.05, 0) is 37.3 Å². The molecule has 0 fully saturated rings. The Morgan fingerprint density at radius 3 is 2.62 bits per heavy atom. The molecule has 1 N–H and O–H groups in total. The first kappa shape index (κ1) is 17.9. The summed E-state index contributed by atoms with van der Waals surface area (Å²) in [6, 6.07) is 9.25. The Labute approximate surface area is 146 Å². The fourth-order valence-electron chi connectivity index (χ4n) is 1.97. The lowest BCUT2D eigenvalue weighted by Gasteiger charge is -2.10. The van der Waals surface area contributed by atoms with Crippen LogP contribution in [0.25, 0.3) is 0 Å². The summed E-state index contributed by atoms with van der Waals surface area (Å²) < 4.78 is 24.3. The number of halogens is 2. The molecule has 0 atom stereocenters. The topological polar surface area (TPSA) is 64.6 Å². The molecule has 0 radical (unpaired) electrons. The summed E-state index contributed by atoms with van der Waals surface area (Å²) in [7, 11) is 1.43. The number of aryl methyl sites for hydroxylation is 1. The Morgan fingerprint density at radius 2 is 1.96 bits per heavy atom. The van der Waals surface area contributed by atoms with Gasteiger partial charge in [-0.1, -0.05) is 27.6 Å². The van der Waals surface area contributed by atoms with E-state index in [4.69, 9.17) is 9.47 Å². The van der Waals surface area contributed by atoms with Crippen LogP contribution in [0.4, 0.5) is 10.1 Å². The molecule has 0 saturated heterocycles. The largest absolute Gasteiger partial charge is 0.496 e. The van der Waals surface area contributed by atoms with Crippen molar-refractivity contribution in [2.75, 3.05) is 19.0 Å². The molecular formula is C17H15BrFNO4. The Kier molecular flexibility index (Phi) is 5.92. The molecule has 24 heavy (non-hydrogen) atoms. The van der Waals surface area contributed by atoms with Crippen molar-refractivity contribution in [1.29, 1.82) is 0 Å². The third-order valence-electron chi connectivity index (χ3n) is 3.11. The van der Waals surface area contributed by atoms with Gasteiger partial charge in [-0.2, -0.15) is 0 Å². The van der Waals surface area contributed by atoms with Gasteiger partial charge in [-0.25, -0.2) is 9.18 Å². The molecule has 0 saturated carbocycles. The molecule has 0 aliphatic carbocycles. The van der Waals surface area contributed by atoms with Crippen molar-refractivity contribution in [3.8, 4) is 5.75 Å². The van der Waals surface area contributed by atoms with Crippen LogP contribution >= 0.6 is 15.9 Å². The lowest BCUT2D eigenvalue weighted by Crippen LogP contribution is -2.21. The predicted octanol–water partition coefficient (Wildman–Crippen LogP) is 3.70. The van der Waals surface area contributed by atoms with Crippen molar-refractivity contribution in [3.63, 3.8) is 0 Å². The monoisotopic (exact) mass is 395 g/mol. The van der Waals surface area contributed by atoms with Crippen LogP contribution in [-0.2, 0) is 9.53 Å². The number of anilines is 1. The van der Waals surface area contributed by atoms with Crippen molar-refractivity contribution >= 4 is 33.5 Å². The molecule has 0 bridgehead atoms. The maximum Gasteiger partial charge on any atom is 0.342 e. The first-order chi connectivity index (χ1) is 11.4. The quantitative estimate of drug-likeness (QED) is 0.783. The standard InChI is InChI=1S/C17H15BrFNO4/c1-10-3-6-15(23-2)12(7-10)17(22)24-9-16(21)20-14-5-4-11(18)8-13(14)19/h3-8H,9H2,1-2H3,(H,20,21). The Morgan fingerprint density at radius 1 is 1.21 bits per heavy atom. The fourth-order valence-corrected chi connectivity index (χ4v) is 2.30. The average Bonchev–Trinajstić information content (AvgIpc) is 2.55. The number of carbonyl (C=O) groups is 2. The average molecular weight is 396 g/mol. The van der Waals surface area contributed by atoms with Crippen LogP contribution in [0.2, 0.25) is 0 Å². The van der Waals surface area contributed by atoms with Crippen LogP contribution in [0.3, 0.4) is 0 Å². The van der Waals surface area contributed by atoms with E-state index in [2.05, 4.69) is 21.2 Å². The fraction of sp³-hybridized carbons (Fsp3) is 0.176. The second kappa shape index (κ2) is 7.92. The van der Waals surface area contributed by atoms with Gasteiger partial charge in [0.1, 0.15) is 17.1 Å². The number of carbonyl (C=O) groups excluding carboxylic acids is 2. The smallest absolute Gasteiger partial charge is 0.342 e. The predicted molar refractivity (Wildman–Crippen MR) is 90.7 cm³/mol. The van der Waals surface area contributed by atoms with E-state index in [1.807, 2.05) is 6.92 Å². The van der Waals surface area contributed by atoms with E-state index >= 15 is 0 Å². The van der Waals surface area contributed by atoms with Gasteiger partial charge in [0.2, 0.25) is 0 Å². The number of methoxy groups -OCH3 is 1. The van der Waals surface area contributed by atoms with Crippen LogP contribution < -0.4 is 10.1 Å². The number of hydrogen-bond acceptors (Lipinski definition) is 4. The zero-order valence-corrected chi connectivity index (χ0v) is 14.6. The van der Waals surface area contributed by atoms with E-state index in [-0.39, 0.29) is 11.3 Å². The Balaban J connectivity index is 1.99. The molecule has 0 unspecified atom stereocenters. The van der Waals surface area contributed by atoms with E-state index < -0.39 is 24.3 Å².